The second kappa shape index (κ2) is 7.98. The Kier molecular flexibility index (Phi) is 5.02. The Morgan fingerprint density at radius 2 is 1.71 bits per heavy atom. The van der Waals surface area contributed by atoms with E-state index in [0.717, 1.165) is 59.7 Å². The fourth-order valence-electron chi connectivity index (χ4n) is 4.39. The summed E-state index contributed by atoms with van der Waals surface area (Å²) in [7, 11) is 0. The molecule has 0 radical (unpaired) electrons. The van der Waals surface area contributed by atoms with Crippen molar-refractivity contribution in [3.05, 3.63) is 59.3 Å². The molecule has 0 saturated carbocycles. The highest BCUT2D eigenvalue weighted by Crippen LogP contribution is 2.25. The first-order chi connectivity index (χ1) is 15.1. The zero-order valence-electron chi connectivity index (χ0n) is 17.6. The number of fused-ring (bicyclic) bond motifs is 2. The van der Waals surface area contributed by atoms with E-state index < -0.39 is 0 Å². The van der Waals surface area contributed by atoms with E-state index in [1.165, 1.54) is 0 Å². The molecule has 7 heteroatoms. The van der Waals surface area contributed by atoms with Crippen LogP contribution in [-0.2, 0) is 11.2 Å². The van der Waals surface area contributed by atoms with Gasteiger partial charge in [-0.05, 0) is 55.7 Å². The van der Waals surface area contributed by atoms with Crippen LogP contribution in [0.4, 0.5) is 11.5 Å². The van der Waals surface area contributed by atoms with Gasteiger partial charge in [-0.15, -0.1) is 0 Å². The van der Waals surface area contributed by atoms with Crippen molar-refractivity contribution in [2.24, 2.45) is 0 Å². The van der Waals surface area contributed by atoms with E-state index in [9.17, 15) is 9.59 Å². The fraction of sp³-hybridized carbons (Fsp3) is 0.333. The number of hydrogen-bond donors (Lipinski definition) is 1. The van der Waals surface area contributed by atoms with Crippen molar-refractivity contribution in [3.8, 4) is 0 Å². The van der Waals surface area contributed by atoms with Crippen molar-refractivity contribution in [1.29, 1.82) is 0 Å². The minimum Gasteiger partial charge on any atom is -0.352 e. The van der Waals surface area contributed by atoms with Gasteiger partial charge < -0.3 is 15.1 Å². The number of carbonyl (C=O) groups excluding carboxylic acids is 2. The van der Waals surface area contributed by atoms with Crippen LogP contribution in [0.3, 0.4) is 0 Å². The van der Waals surface area contributed by atoms with E-state index in [0.29, 0.717) is 25.1 Å². The molecule has 2 amide bonds. The van der Waals surface area contributed by atoms with Gasteiger partial charge in [0.1, 0.15) is 0 Å². The summed E-state index contributed by atoms with van der Waals surface area (Å²) in [5.74, 6) is 0.979. The van der Waals surface area contributed by atoms with Crippen LogP contribution in [0.1, 0.15) is 34.5 Å². The van der Waals surface area contributed by atoms with E-state index in [2.05, 4.69) is 10.2 Å². The molecule has 0 atom stereocenters. The molecule has 2 aromatic carbocycles. The van der Waals surface area contributed by atoms with Crippen molar-refractivity contribution >= 4 is 34.4 Å². The lowest BCUT2D eigenvalue weighted by Gasteiger charge is -2.36. The van der Waals surface area contributed by atoms with Crippen LogP contribution in [-0.4, -0.2) is 52.9 Å². The van der Waals surface area contributed by atoms with Crippen molar-refractivity contribution < 1.29 is 9.59 Å². The Balaban J connectivity index is 1.30. The summed E-state index contributed by atoms with van der Waals surface area (Å²) in [6, 6.07) is 13.5. The van der Waals surface area contributed by atoms with E-state index in [1.807, 2.05) is 54.3 Å². The average Bonchev–Trinajstić information content (AvgIpc) is 2.98. The number of rotatable bonds is 2. The third-order valence-corrected chi connectivity index (χ3v) is 6.06. The molecule has 7 nitrogen and oxygen atoms in total. The molecule has 1 N–H and O–H groups in total. The lowest BCUT2D eigenvalue weighted by molar-refractivity contribution is -0.116. The van der Waals surface area contributed by atoms with Gasteiger partial charge in [-0.25, -0.2) is 9.97 Å². The highest BCUT2D eigenvalue weighted by Gasteiger charge is 2.25. The summed E-state index contributed by atoms with van der Waals surface area (Å²) < 4.78 is 0. The number of piperazine rings is 1. The van der Waals surface area contributed by atoms with Gasteiger partial charge in [0.15, 0.2) is 5.82 Å². The molecular weight excluding hydrogens is 390 g/mol. The lowest BCUT2D eigenvalue weighted by atomic mass is 10.0. The number of anilines is 2. The topological polar surface area (TPSA) is 78.4 Å². The zero-order valence-corrected chi connectivity index (χ0v) is 17.6. The molecule has 3 heterocycles. The molecule has 3 aromatic rings. The number of carbonyl (C=O) groups is 2. The summed E-state index contributed by atoms with van der Waals surface area (Å²) >= 11 is 0. The summed E-state index contributed by atoms with van der Waals surface area (Å²) in [5, 5.41) is 2.93. The molecule has 1 aromatic heterocycles. The van der Waals surface area contributed by atoms with Gasteiger partial charge in [0, 0.05) is 43.9 Å². The molecule has 0 bridgehead atoms. The number of nitrogens with zero attached hydrogens (tertiary/aromatic N) is 4. The Hall–Kier alpha value is -3.48. The van der Waals surface area contributed by atoms with E-state index >= 15 is 0 Å². The van der Waals surface area contributed by atoms with Crippen LogP contribution >= 0.6 is 0 Å². The quantitative estimate of drug-likeness (QED) is 0.696. The number of nitrogens with one attached hydrogen (secondary N) is 1. The van der Waals surface area contributed by atoms with Gasteiger partial charge in [0.05, 0.1) is 16.7 Å². The maximum atomic E-state index is 13.1. The maximum Gasteiger partial charge on any atom is 0.253 e. The summed E-state index contributed by atoms with van der Waals surface area (Å²) in [6.07, 6.45) is 2.14. The van der Waals surface area contributed by atoms with Crippen molar-refractivity contribution in [2.75, 3.05) is 36.4 Å². The Bertz CT molecular complexity index is 1170. The smallest absolute Gasteiger partial charge is 0.253 e. The summed E-state index contributed by atoms with van der Waals surface area (Å²) in [4.78, 5) is 38.5. The number of aryl methyl sites for hydroxylation is 2. The monoisotopic (exact) mass is 415 g/mol. The number of amides is 2. The van der Waals surface area contributed by atoms with Gasteiger partial charge >= 0.3 is 0 Å². The van der Waals surface area contributed by atoms with Crippen LogP contribution < -0.4 is 10.2 Å². The van der Waals surface area contributed by atoms with Gasteiger partial charge in [0.25, 0.3) is 5.91 Å². The molecule has 0 unspecified atom stereocenters. The SMILES string of the molecule is Cc1nc2ccccc2nc1N1CCN(C(=O)c2ccc3c(c2)CCCC(=O)N3)CC1. The number of benzene rings is 2. The Morgan fingerprint density at radius 1 is 0.968 bits per heavy atom. The van der Waals surface area contributed by atoms with Crippen LogP contribution in [0.25, 0.3) is 11.0 Å². The van der Waals surface area contributed by atoms with Gasteiger partial charge in [0.2, 0.25) is 5.91 Å². The van der Waals surface area contributed by atoms with Crippen LogP contribution in [0, 0.1) is 6.92 Å². The fourth-order valence-corrected chi connectivity index (χ4v) is 4.39. The standard InChI is InChI=1S/C24H25N5O2/c1-16-23(27-21-7-3-2-6-20(21)25-16)28-11-13-29(14-12-28)24(31)18-9-10-19-17(15-18)5-4-8-22(30)26-19/h2-3,6-7,9-10,15H,4-5,8,11-14H2,1H3,(H,26,30). The van der Waals surface area contributed by atoms with Crippen LogP contribution in [0.5, 0.6) is 0 Å². The average molecular weight is 415 g/mol. The second-order valence-electron chi connectivity index (χ2n) is 8.17. The predicted molar refractivity (Wildman–Crippen MR) is 120 cm³/mol. The van der Waals surface area contributed by atoms with Crippen LogP contribution in [0.15, 0.2) is 42.5 Å². The maximum absolute atomic E-state index is 13.1. The molecule has 2 aliphatic heterocycles. The van der Waals surface area contributed by atoms with E-state index in [1.54, 1.807) is 0 Å². The third kappa shape index (κ3) is 3.83. The van der Waals surface area contributed by atoms with Gasteiger partial charge in [-0.3, -0.25) is 9.59 Å². The third-order valence-electron chi connectivity index (χ3n) is 6.06. The molecule has 1 saturated heterocycles. The Morgan fingerprint density at radius 3 is 2.48 bits per heavy atom. The van der Waals surface area contributed by atoms with Crippen LogP contribution in [0.2, 0.25) is 0 Å². The van der Waals surface area contributed by atoms with Crippen molar-refractivity contribution in [1.82, 2.24) is 14.9 Å². The summed E-state index contributed by atoms with van der Waals surface area (Å²) in [5.41, 5.74) is 5.25. The lowest BCUT2D eigenvalue weighted by Crippen LogP contribution is -2.49. The number of aromatic nitrogens is 2. The molecule has 1 fully saturated rings. The van der Waals surface area contributed by atoms with E-state index in [-0.39, 0.29) is 11.8 Å². The molecule has 0 aliphatic carbocycles. The van der Waals surface area contributed by atoms with Gasteiger partial charge in [-0.2, -0.15) is 0 Å². The first-order valence-electron chi connectivity index (χ1n) is 10.8. The highest BCUT2D eigenvalue weighted by molar-refractivity contribution is 5.97. The summed E-state index contributed by atoms with van der Waals surface area (Å²) in [6.45, 7) is 4.71. The van der Waals surface area contributed by atoms with Crippen molar-refractivity contribution in [2.45, 2.75) is 26.2 Å². The minimum atomic E-state index is 0.0411. The molecule has 31 heavy (non-hydrogen) atoms. The second-order valence-corrected chi connectivity index (χ2v) is 8.17. The molecule has 5 rings (SSSR count). The molecular formula is C24H25N5O2. The molecule has 2 aliphatic rings. The first kappa shape index (κ1) is 19.5. The largest absolute Gasteiger partial charge is 0.352 e. The highest BCUT2D eigenvalue weighted by atomic mass is 16.2. The molecule has 158 valence electrons. The van der Waals surface area contributed by atoms with Crippen molar-refractivity contribution in [3.63, 3.8) is 0 Å². The predicted octanol–water partition coefficient (Wildman–Crippen LogP) is 3.18. The number of para-hydroxylation sites is 2. The normalized spacial score (nSPS) is 16.6. The zero-order chi connectivity index (χ0) is 21.4. The first-order valence-corrected chi connectivity index (χ1v) is 10.8. The Labute approximate surface area is 181 Å². The molecule has 0 spiro atoms. The van der Waals surface area contributed by atoms with E-state index in [4.69, 9.17) is 9.97 Å². The number of hydrogen-bond acceptors (Lipinski definition) is 5. The minimum absolute atomic E-state index is 0.0411. The van der Waals surface area contributed by atoms with Gasteiger partial charge in [-0.1, -0.05) is 12.1 Å².